The Morgan fingerprint density at radius 2 is 1.61 bits per heavy atom. The molecule has 1 aliphatic rings. The first-order valence-electron chi connectivity index (χ1n) is 11.3. The topological polar surface area (TPSA) is 58.4 Å². The minimum absolute atomic E-state index is 0.0935. The Morgan fingerprint density at radius 3 is 2.31 bits per heavy atom. The minimum Gasteiger partial charge on any atom is -0.335 e. The Morgan fingerprint density at radius 1 is 0.944 bits per heavy atom. The largest absolute Gasteiger partial charge is 0.335 e. The van der Waals surface area contributed by atoms with Crippen molar-refractivity contribution in [3.05, 3.63) is 95.3 Å². The van der Waals surface area contributed by atoms with Gasteiger partial charge in [-0.05, 0) is 43.3 Å². The molecule has 5 rings (SSSR count). The van der Waals surface area contributed by atoms with Crippen LogP contribution in [0, 0.1) is 23.5 Å². The molecule has 8 heteroatoms. The van der Waals surface area contributed by atoms with E-state index < -0.39 is 34.8 Å². The first-order valence-corrected chi connectivity index (χ1v) is 11.3. The highest BCUT2D eigenvalue weighted by atomic mass is 19.1. The number of carbonyl (C=O) groups is 2. The number of aryl methyl sites for hydroxylation is 1. The van der Waals surface area contributed by atoms with Crippen molar-refractivity contribution in [2.45, 2.75) is 18.9 Å². The van der Waals surface area contributed by atoms with Crippen LogP contribution in [0.2, 0.25) is 0 Å². The number of urea groups is 1. The Hall–Kier alpha value is -4.51. The summed E-state index contributed by atoms with van der Waals surface area (Å²) in [6.07, 6.45) is 3.32. The second-order valence-electron chi connectivity index (χ2n) is 8.95. The van der Waals surface area contributed by atoms with Gasteiger partial charge in [-0.2, -0.15) is 0 Å². The van der Waals surface area contributed by atoms with Gasteiger partial charge >= 0.3 is 6.03 Å². The van der Waals surface area contributed by atoms with E-state index in [9.17, 15) is 9.59 Å². The van der Waals surface area contributed by atoms with Gasteiger partial charge < -0.3 is 9.47 Å². The third-order valence-electron chi connectivity index (χ3n) is 6.64. The van der Waals surface area contributed by atoms with Gasteiger partial charge in [0.2, 0.25) is 5.91 Å². The number of aromatic nitrogens is 2. The van der Waals surface area contributed by atoms with E-state index in [0.29, 0.717) is 16.1 Å². The Bertz CT molecular complexity index is 1560. The monoisotopic (exact) mass is 484 g/mol. The van der Waals surface area contributed by atoms with Gasteiger partial charge in [0, 0.05) is 48.6 Å². The zero-order valence-electron chi connectivity index (χ0n) is 19.9. The van der Waals surface area contributed by atoms with Crippen molar-refractivity contribution in [1.82, 2.24) is 14.5 Å². The number of imide groups is 1. The second kappa shape index (κ2) is 8.61. The molecule has 1 saturated heterocycles. The zero-order valence-corrected chi connectivity index (χ0v) is 19.9. The molecule has 6 nitrogen and oxygen atoms in total. The molecule has 3 heterocycles. The van der Waals surface area contributed by atoms with E-state index in [-0.39, 0.29) is 12.0 Å². The highest BCUT2D eigenvalue weighted by Crippen LogP contribution is 2.41. The molecule has 0 bridgehead atoms. The zero-order chi connectivity index (χ0) is 25.6. The van der Waals surface area contributed by atoms with Crippen LogP contribution in [0.15, 0.2) is 67.0 Å². The third-order valence-corrected chi connectivity index (χ3v) is 6.64. The lowest BCUT2D eigenvalue weighted by atomic mass is 9.85. The Kier molecular flexibility index (Phi) is 5.56. The second-order valence-corrected chi connectivity index (χ2v) is 8.95. The summed E-state index contributed by atoms with van der Waals surface area (Å²) in [7, 11) is 3.35. The summed E-state index contributed by atoms with van der Waals surface area (Å²) in [5, 5.41) is 0.794. The van der Waals surface area contributed by atoms with Crippen molar-refractivity contribution in [3.8, 4) is 11.8 Å². The minimum atomic E-state index is -1.04. The molecule has 2 aromatic carbocycles. The van der Waals surface area contributed by atoms with Gasteiger partial charge in [0.1, 0.15) is 11.3 Å². The fourth-order valence-corrected chi connectivity index (χ4v) is 4.62. The molecule has 3 amide bonds. The highest BCUT2D eigenvalue weighted by molar-refractivity contribution is 6.17. The Balaban J connectivity index is 1.51. The van der Waals surface area contributed by atoms with E-state index in [2.05, 4.69) is 16.8 Å². The number of pyridine rings is 1. The first kappa shape index (κ1) is 23.2. The van der Waals surface area contributed by atoms with Crippen molar-refractivity contribution in [2.75, 3.05) is 11.9 Å². The van der Waals surface area contributed by atoms with Gasteiger partial charge in [-0.1, -0.05) is 30.0 Å². The van der Waals surface area contributed by atoms with Gasteiger partial charge in [0.05, 0.1) is 12.0 Å². The number of hydrogen-bond acceptors (Lipinski definition) is 3. The number of anilines is 1. The van der Waals surface area contributed by atoms with Crippen molar-refractivity contribution in [1.29, 1.82) is 0 Å². The molecule has 2 aromatic heterocycles. The number of fused-ring (bicyclic) bond motifs is 1. The summed E-state index contributed by atoms with van der Waals surface area (Å²) in [5.41, 5.74) is 0.465. The molecule has 4 aromatic rings. The molecule has 1 atom stereocenters. The summed E-state index contributed by atoms with van der Waals surface area (Å²) in [6, 6.07) is 13.9. The molecule has 180 valence electrons. The summed E-state index contributed by atoms with van der Waals surface area (Å²) in [4.78, 5) is 33.0. The smallest absolute Gasteiger partial charge is 0.332 e. The lowest BCUT2D eigenvalue weighted by molar-refractivity contribution is -0.122. The predicted molar refractivity (Wildman–Crippen MR) is 132 cm³/mol. The standard InChI is InChI=1S/C28H22F2N4O2/c1-28(21-17-32(2)26-20(21)10-7-13-31-26)16-24(35)34(27(36)33(28)3)25-22(29)14-19(15-23(25)30)12-11-18-8-5-4-6-9-18/h4-10,13-15,17H,16H2,1-3H3/t28-/m0/s1. The van der Waals surface area contributed by atoms with E-state index in [1.807, 2.05) is 29.9 Å². The lowest BCUT2D eigenvalue weighted by Crippen LogP contribution is -2.60. The van der Waals surface area contributed by atoms with Crippen LogP contribution in [-0.2, 0) is 17.4 Å². The van der Waals surface area contributed by atoms with Crippen LogP contribution in [0.4, 0.5) is 19.3 Å². The van der Waals surface area contributed by atoms with E-state index in [1.165, 1.54) is 11.9 Å². The van der Waals surface area contributed by atoms with Gasteiger partial charge in [-0.3, -0.25) is 4.79 Å². The van der Waals surface area contributed by atoms with Crippen LogP contribution >= 0.6 is 0 Å². The summed E-state index contributed by atoms with van der Waals surface area (Å²) in [5.74, 6) is 2.77. The fourth-order valence-electron chi connectivity index (χ4n) is 4.62. The maximum absolute atomic E-state index is 15.1. The van der Waals surface area contributed by atoms with Crippen LogP contribution < -0.4 is 4.90 Å². The summed E-state index contributed by atoms with van der Waals surface area (Å²) >= 11 is 0. The molecule has 1 fully saturated rings. The molecule has 0 aliphatic carbocycles. The highest BCUT2D eigenvalue weighted by Gasteiger charge is 2.48. The fraction of sp³-hybridized carbons (Fsp3) is 0.179. The van der Waals surface area contributed by atoms with Crippen molar-refractivity contribution < 1.29 is 18.4 Å². The number of rotatable bonds is 2. The number of amides is 3. The number of nitrogens with zero attached hydrogens (tertiary/aromatic N) is 4. The molecule has 1 aliphatic heterocycles. The van der Waals surface area contributed by atoms with Crippen LogP contribution in [-0.4, -0.2) is 33.4 Å². The molecular formula is C28H22F2N4O2. The summed E-state index contributed by atoms with van der Waals surface area (Å²) in [6.45, 7) is 1.76. The van der Waals surface area contributed by atoms with E-state index in [1.54, 1.807) is 43.5 Å². The van der Waals surface area contributed by atoms with Gasteiger partial charge in [0.15, 0.2) is 11.6 Å². The quantitative estimate of drug-likeness (QED) is 0.378. The number of halogens is 2. The molecule has 0 unspecified atom stereocenters. The van der Waals surface area contributed by atoms with E-state index >= 15 is 8.78 Å². The van der Waals surface area contributed by atoms with Gasteiger partial charge in [-0.15, -0.1) is 0 Å². The molecule has 36 heavy (non-hydrogen) atoms. The predicted octanol–water partition coefficient (Wildman–Crippen LogP) is 4.96. The van der Waals surface area contributed by atoms with Crippen LogP contribution in [0.3, 0.4) is 0 Å². The maximum Gasteiger partial charge on any atom is 0.332 e. The maximum atomic E-state index is 15.1. The summed E-state index contributed by atoms with van der Waals surface area (Å²) < 4.78 is 32.1. The number of benzene rings is 2. The van der Waals surface area contributed by atoms with Crippen LogP contribution in [0.25, 0.3) is 11.0 Å². The average molecular weight is 485 g/mol. The van der Waals surface area contributed by atoms with Crippen LogP contribution in [0.1, 0.15) is 30.0 Å². The molecule has 0 radical (unpaired) electrons. The van der Waals surface area contributed by atoms with E-state index in [0.717, 1.165) is 23.1 Å². The average Bonchev–Trinajstić information content (AvgIpc) is 3.21. The van der Waals surface area contributed by atoms with Crippen molar-refractivity contribution in [2.24, 2.45) is 7.05 Å². The number of carbonyl (C=O) groups excluding carboxylic acids is 2. The third kappa shape index (κ3) is 3.69. The van der Waals surface area contributed by atoms with E-state index in [4.69, 9.17) is 0 Å². The van der Waals surface area contributed by atoms with Gasteiger partial charge in [-0.25, -0.2) is 23.5 Å². The lowest BCUT2D eigenvalue weighted by Gasteiger charge is -2.45. The van der Waals surface area contributed by atoms with Gasteiger partial charge in [0.25, 0.3) is 0 Å². The molecule has 0 saturated carbocycles. The first-order chi connectivity index (χ1) is 17.2. The Labute approximate surface area is 206 Å². The van der Waals surface area contributed by atoms with Crippen LogP contribution in [0.5, 0.6) is 0 Å². The number of hydrogen-bond donors (Lipinski definition) is 0. The normalized spacial score (nSPS) is 17.9. The SMILES string of the molecule is CN1C(=O)N(c2c(F)cc(C#Cc3ccccc3)cc2F)C(=O)C[C@@]1(C)c1cn(C)c2ncccc12. The molecule has 0 N–H and O–H groups in total. The molecule has 0 spiro atoms. The van der Waals surface area contributed by atoms with Crippen molar-refractivity contribution in [3.63, 3.8) is 0 Å². The van der Waals surface area contributed by atoms with Crippen molar-refractivity contribution >= 4 is 28.7 Å². The molecular weight excluding hydrogens is 462 g/mol.